The van der Waals surface area contributed by atoms with Crippen LogP contribution >= 0.6 is 0 Å². The van der Waals surface area contributed by atoms with Crippen LogP contribution in [0.1, 0.15) is 19.8 Å². The van der Waals surface area contributed by atoms with Crippen LogP contribution < -0.4 is 0 Å². The monoisotopic (exact) mass is 126 g/mol. The van der Waals surface area contributed by atoms with Gasteiger partial charge in [-0.1, -0.05) is 13.3 Å². The number of hydrogen-bond acceptors (Lipinski definition) is 2. The molecule has 1 heterocycles. The smallest absolute Gasteiger partial charge is 0.199 e. The maximum Gasteiger partial charge on any atom is 0.199 e. The van der Waals surface area contributed by atoms with Crippen molar-refractivity contribution in [2.24, 2.45) is 0 Å². The molecule has 2 nitrogen and oxygen atoms in total. The number of carbonyl (C=O) groups is 1. The van der Waals surface area contributed by atoms with Crippen molar-refractivity contribution in [3.05, 3.63) is 12.3 Å². The lowest BCUT2D eigenvalue weighted by atomic mass is 10.1. The van der Waals surface area contributed by atoms with Gasteiger partial charge in [-0.3, -0.25) is 4.79 Å². The standard InChI is InChI=1S/C7H10O2/c1-2-3-7-6(8)4-5-9-7/h4-5,7H,2-3H2,1H3. The van der Waals surface area contributed by atoms with Crippen LogP contribution in [-0.2, 0) is 9.53 Å². The van der Waals surface area contributed by atoms with Gasteiger partial charge in [-0.25, -0.2) is 0 Å². The Kier molecular flexibility index (Phi) is 1.88. The molecule has 1 aliphatic heterocycles. The molecule has 0 aliphatic carbocycles. The Balaban J connectivity index is 2.37. The van der Waals surface area contributed by atoms with Crippen LogP contribution in [0.2, 0.25) is 0 Å². The number of ether oxygens (including phenoxy) is 1. The van der Waals surface area contributed by atoms with E-state index < -0.39 is 0 Å². The molecule has 50 valence electrons. The second-order valence-electron chi connectivity index (χ2n) is 2.12. The summed E-state index contributed by atoms with van der Waals surface area (Å²) in [5, 5.41) is 0. The summed E-state index contributed by atoms with van der Waals surface area (Å²) < 4.78 is 4.98. The second kappa shape index (κ2) is 2.67. The van der Waals surface area contributed by atoms with Gasteiger partial charge in [-0.15, -0.1) is 0 Å². The van der Waals surface area contributed by atoms with E-state index in [1.807, 2.05) is 6.92 Å². The van der Waals surface area contributed by atoms with Crippen molar-refractivity contribution in [1.29, 1.82) is 0 Å². The molecule has 0 radical (unpaired) electrons. The van der Waals surface area contributed by atoms with Gasteiger partial charge in [0.15, 0.2) is 11.9 Å². The average Bonchev–Trinajstić information content (AvgIpc) is 2.18. The summed E-state index contributed by atoms with van der Waals surface area (Å²) >= 11 is 0. The molecule has 9 heavy (non-hydrogen) atoms. The van der Waals surface area contributed by atoms with Crippen LogP contribution in [-0.4, -0.2) is 11.9 Å². The number of hydrogen-bond donors (Lipinski definition) is 0. The predicted octanol–water partition coefficient (Wildman–Crippen LogP) is 1.27. The molecule has 0 spiro atoms. The van der Waals surface area contributed by atoms with Crippen molar-refractivity contribution in [2.75, 3.05) is 0 Å². The van der Waals surface area contributed by atoms with Crippen molar-refractivity contribution in [3.63, 3.8) is 0 Å². The van der Waals surface area contributed by atoms with Crippen LogP contribution in [0.3, 0.4) is 0 Å². The zero-order valence-corrected chi connectivity index (χ0v) is 5.46. The van der Waals surface area contributed by atoms with E-state index >= 15 is 0 Å². The van der Waals surface area contributed by atoms with Crippen molar-refractivity contribution >= 4 is 5.78 Å². The Bertz CT molecular complexity index is 138. The lowest BCUT2D eigenvalue weighted by molar-refractivity contribution is -0.120. The maximum absolute atomic E-state index is 10.8. The highest BCUT2D eigenvalue weighted by Gasteiger charge is 2.19. The third-order valence-electron chi connectivity index (χ3n) is 1.34. The molecule has 0 amide bonds. The summed E-state index contributed by atoms with van der Waals surface area (Å²) in [5.74, 6) is 0.108. The van der Waals surface area contributed by atoms with E-state index in [9.17, 15) is 4.79 Å². The minimum Gasteiger partial charge on any atom is -0.490 e. The average molecular weight is 126 g/mol. The van der Waals surface area contributed by atoms with Gasteiger partial charge in [-0.2, -0.15) is 0 Å². The molecule has 0 N–H and O–H groups in total. The van der Waals surface area contributed by atoms with Crippen molar-refractivity contribution in [3.8, 4) is 0 Å². The Morgan fingerprint density at radius 2 is 2.56 bits per heavy atom. The molecule has 1 aliphatic rings. The Hall–Kier alpha value is -0.790. The van der Waals surface area contributed by atoms with E-state index in [-0.39, 0.29) is 11.9 Å². The highest BCUT2D eigenvalue weighted by molar-refractivity contribution is 5.94. The molecule has 0 aromatic rings. The van der Waals surface area contributed by atoms with Crippen molar-refractivity contribution in [2.45, 2.75) is 25.9 Å². The summed E-state index contributed by atoms with van der Waals surface area (Å²) in [6.07, 6.45) is 4.63. The predicted molar refractivity (Wildman–Crippen MR) is 33.9 cm³/mol. The molecule has 0 fully saturated rings. The van der Waals surface area contributed by atoms with Gasteiger partial charge in [0, 0.05) is 6.08 Å². The summed E-state index contributed by atoms with van der Waals surface area (Å²) in [7, 11) is 0. The molecule has 1 rings (SSSR count). The Morgan fingerprint density at radius 1 is 1.78 bits per heavy atom. The van der Waals surface area contributed by atoms with Gasteiger partial charge < -0.3 is 4.74 Å². The van der Waals surface area contributed by atoms with Crippen LogP contribution in [0.15, 0.2) is 12.3 Å². The fraction of sp³-hybridized carbons (Fsp3) is 0.571. The third kappa shape index (κ3) is 1.31. The van der Waals surface area contributed by atoms with Gasteiger partial charge >= 0.3 is 0 Å². The molecular weight excluding hydrogens is 116 g/mol. The minimum absolute atomic E-state index is 0.108. The number of carbonyl (C=O) groups excluding carboxylic acids is 1. The highest BCUT2D eigenvalue weighted by atomic mass is 16.5. The van der Waals surface area contributed by atoms with E-state index in [0.29, 0.717) is 0 Å². The Labute approximate surface area is 54.5 Å². The lowest BCUT2D eigenvalue weighted by Gasteiger charge is -2.04. The summed E-state index contributed by atoms with van der Waals surface area (Å²) in [6.45, 7) is 2.04. The Morgan fingerprint density at radius 3 is 3.00 bits per heavy atom. The zero-order valence-electron chi connectivity index (χ0n) is 5.46. The molecule has 0 saturated carbocycles. The van der Waals surface area contributed by atoms with Crippen molar-refractivity contribution in [1.82, 2.24) is 0 Å². The molecular formula is C7H10O2. The second-order valence-corrected chi connectivity index (χ2v) is 2.12. The van der Waals surface area contributed by atoms with Gasteiger partial charge in [0.25, 0.3) is 0 Å². The van der Waals surface area contributed by atoms with E-state index in [0.717, 1.165) is 12.8 Å². The van der Waals surface area contributed by atoms with Crippen LogP contribution in [0, 0.1) is 0 Å². The summed E-state index contributed by atoms with van der Waals surface area (Å²) in [4.78, 5) is 10.8. The summed E-state index contributed by atoms with van der Waals surface area (Å²) in [5.41, 5.74) is 0. The molecule has 0 saturated heterocycles. The third-order valence-corrected chi connectivity index (χ3v) is 1.34. The van der Waals surface area contributed by atoms with Gasteiger partial charge in [0.2, 0.25) is 0 Å². The highest BCUT2D eigenvalue weighted by Crippen LogP contribution is 2.10. The largest absolute Gasteiger partial charge is 0.490 e. The lowest BCUT2D eigenvalue weighted by Crippen LogP contribution is -2.14. The maximum atomic E-state index is 10.8. The molecule has 0 aromatic heterocycles. The molecule has 0 aromatic carbocycles. The van der Waals surface area contributed by atoms with Gasteiger partial charge in [0.1, 0.15) is 0 Å². The van der Waals surface area contributed by atoms with Gasteiger partial charge in [0.05, 0.1) is 6.26 Å². The van der Waals surface area contributed by atoms with Gasteiger partial charge in [-0.05, 0) is 6.42 Å². The first kappa shape index (κ1) is 6.33. The number of ketones is 1. The minimum atomic E-state index is -0.171. The van der Waals surface area contributed by atoms with E-state index in [4.69, 9.17) is 4.74 Å². The molecule has 2 heteroatoms. The fourth-order valence-corrected chi connectivity index (χ4v) is 0.848. The zero-order chi connectivity index (χ0) is 6.69. The molecule has 1 atom stereocenters. The first-order valence-corrected chi connectivity index (χ1v) is 3.20. The van der Waals surface area contributed by atoms with Crippen LogP contribution in [0.5, 0.6) is 0 Å². The first-order chi connectivity index (χ1) is 4.34. The number of rotatable bonds is 2. The first-order valence-electron chi connectivity index (χ1n) is 3.20. The molecule has 1 unspecified atom stereocenters. The topological polar surface area (TPSA) is 26.3 Å². The normalized spacial score (nSPS) is 24.6. The fourth-order valence-electron chi connectivity index (χ4n) is 0.848. The molecule has 0 bridgehead atoms. The van der Waals surface area contributed by atoms with E-state index in [2.05, 4.69) is 0 Å². The van der Waals surface area contributed by atoms with Crippen molar-refractivity contribution < 1.29 is 9.53 Å². The van der Waals surface area contributed by atoms with Crippen LogP contribution in [0.4, 0.5) is 0 Å². The SMILES string of the molecule is CCCC1OC=CC1=O. The quantitative estimate of drug-likeness (QED) is 0.557. The van der Waals surface area contributed by atoms with Crippen LogP contribution in [0.25, 0.3) is 0 Å². The van der Waals surface area contributed by atoms with E-state index in [1.165, 1.54) is 12.3 Å². The van der Waals surface area contributed by atoms with E-state index in [1.54, 1.807) is 0 Å². The summed E-state index contributed by atoms with van der Waals surface area (Å²) in [6, 6.07) is 0.